The van der Waals surface area contributed by atoms with E-state index in [9.17, 15) is 0 Å². The normalized spacial score (nSPS) is 12.8. The lowest BCUT2D eigenvalue weighted by atomic mass is 9.79. The first-order valence-electron chi connectivity index (χ1n) is 17.5. The Hall–Kier alpha value is -4.84. The molecule has 0 bridgehead atoms. The fourth-order valence-electron chi connectivity index (χ4n) is 5.76. The van der Waals surface area contributed by atoms with Crippen molar-refractivity contribution in [3.05, 3.63) is 107 Å². The molecule has 0 saturated heterocycles. The molecule has 6 heteroatoms. The molecule has 6 rings (SSSR count). The highest BCUT2D eigenvalue weighted by molar-refractivity contribution is 5.70. The number of nitrogens with zero attached hydrogens (tertiary/aromatic N) is 4. The summed E-state index contributed by atoms with van der Waals surface area (Å²) in [7, 11) is 0. The number of benzene rings is 4. The molecule has 0 radical (unpaired) electrons. The van der Waals surface area contributed by atoms with E-state index in [0.29, 0.717) is 23.6 Å². The van der Waals surface area contributed by atoms with E-state index >= 15 is 0 Å². The molecule has 50 heavy (non-hydrogen) atoms. The second kappa shape index (κ2) is 12.5. The molecule has 6 aromatic rings. The van der Waals surface area contributed by atoms with Crippen LogP contribution in [0.2, 0.25) is 0 Å². The first-order chi connectivity index (χ1) is 23.3. The van der Waals surface area contributed by atoms with Crippen molar-refractivity contribution in [1.29, 1.82) is 0 Å². The van der Waals surface area contributed by atoms with Gasteiger partial charge in [-0.25, -0.2) is 0 Å². The van der Waals surface area contributed by atoms with Crippen LogP contribution < -0.4 is 0 Å². The maximum absolute atomic E-state index is 6.24. The SMILES string of the molecule is CC(C)(C)c1cc(-c2nnc(-c3ccc(-c4ccc(-c5nnc(-c6cc(C(C)(C)C)cc(C(C)(C)C)c6)o5)cc4)cc3)o2)cc(C(C)(C)C)c1. The maximum Gasteiger partial charge on any atom is 0.248 e. The van der Waals surface area contributed by atoms with Gasteiger partial charge in [0, 0.05) is 22.3 Å². The molecule has 2 heterocycles. The van der Waals surface area contributed by atoms with Crippen LogP contribution in [-0.2, 0) is 21.7 Å². The zero-order valence-electron chi connectivity index (χ0n) is 31.7. The summed E-state index contributed by atoms with van der Waals surface area (Å²) in [6.45, 7) is 26.7. The highest BCUT2D eigenvalue weighted by atomic mass is 16.4. The molecule has 0 amide bonds. The van der Waals surface area contributed by atoms with Crippen molar-refractivity contribution in [2.24, 2.45) is 0 Å². The standard InChI is InChI=1S/C44H50N4O2/c1-41(2,3)33-21-31(22-34(25-33)42(4,5)6)39-47-45-37(49-39)29-17-13-27(14-18-29)28-15-19-30(20-16-28)38-46-48-40(50-38)32-23-35(43(7,8)9)26-36(24-32)44(10,11)12/h13-26H,1-12H3. The predicted octanol–water partition coefficient (Wildman–Crippen LogP) is 12.0. The monoisotopic (exact) mass is 666 g/mol. The third kappa shape index (κ3) is 7.50. The van der Waals surface area contributed by atoms with E-state index in [1.54, 1.807) is 0 Å². The topological polar surface area (TPSA) is 77.8 Å². The maximum atomic E-state index is 6.24. The Morgan fingerprint density at radius 1 is 0.300 bits per heavy atom. The molecular formula is C44H50N4O2. The minimum atomic E-state index is -0.00366. The third-order valence-corrected chi connectivity index (χ3v) is 9.27. The Balaban J connectivity index is 1.21. The van der Waals surface area contributed by atoms with Gasteiger partial charge < -0.3 is 8.83 Å². The van der Waals surface area contributed by atoms with E-state index in [0.717, 1.165) is 33.4 Å². The van der Waals surface area contributed by atoms with Crippen LogP contribution in [0.3, 0.4) is 0 Å². The second-order valence-electron chi connectivity index (χ2n) is 17.6. The lowest BCUT2D eigenvalue weighted by Crippen LogP contribution is -2.16. The lowest BCUT2D eigenvalue weighted by molar-refractivity contribution is 0.563. The highest BCUT2D eigenvalue weighted by Gasteiger charge is 2.24. The van der Waals surface area contributed by atoms with Gasteiger partial charge in [0.2, 0.25) is 23.6 Å². The molecule has 0 N–H and O–H groups in total. The van der Waals surface area contributed by atoms with E-state index < -0.39 is 0 Å². The van der Waals surface area contributed by atoms with Gasteiger partial charge in [0.1, 0.15) is 0 Å². The average molecular weight is 667 g/mol. The average Bonchev–Trinajstić information content (AvgIpc) is 3.74. The van der Waals surface area contributed by atoms with Crippen molar-refractivity contribution < 1.29 is 8.83 Å². The molecule has 0 spiro atoms. The second-order valence-corrected chi connectivity index (χ2v) is 17.6. The van der Waals surface area contributed by atoms with Gasteiger partial charge in [-0.1, -0.05) is 119 Å². The molecular weight excluding hydrogens is 617 g/mol. The largest absolute Gasteiger partial charge is 0.416 e. The van der Waals surface area contributed by atoms with Gasteiger partial charge in [-0.3, -0.25) is 0 Å². The lowest BCUT2D eigenvalue weighted by Gasteiger charge is -2.25. The molecule has 0 unspecified atom stereocenters. The zero-order chi connectivity index (χ0) is 36.2. The third-order valence-electron chi connectivity index (χ3n) is 9.27. The molecule has 0 atom stereocenters. The Morgan fingerprint density at radius 2 is 0.520 bits per heavy atom. The van der Waals surface area contributed by atoms with Crippen LogP contribution in [-0.4, -0.2) is 20.4 Å². The quantitative estimate of drug-likeness (QED) is 0.182. The Bertz CT molecular complexity index is 1900. The van der Waals surface area contributed by atoms with Crippen molar-refractivity contribution >= 4 is 0 Å². The van der Waals surface area contributed by atoms with E-state index in [-0.39, 0.29) is 21.7 Å². The van der Waals surface area contributed by atoms with Crippen LogP contribution >= 0.6 is 0 Å². The van der Waals surface area contributed by atoms with Gasteiger partial charge in [-0.2, -0.15) is 0 Å². The summed E-state index contributed by atoms with van der Waals surface area (Å²) in [5.74, 6) is 2.04. The van der Waals surface area contributed by atoms with Crippen LogP contribution in [0.25, 0.3) is 56.9 Å². The zero-order valence-corrected chi connectivity index (χ0v) is 31.7. The first kappa shape index (κ1) is 35.0. The summed E-state index contributed by atoms with van der Waals surface area (Å²) in [5.41, 5.74) is 10.7. The summed E-state index contributed by atoms with van der Waals surface area (Å²) < 4.78 is 12.5. The van der Waals surface area contributed by atoms with Crippen molar-refractivity contribution in [3.8, 4) is 56.9 Å². The van der Waals surface area contributed by atoms with Crippen LogP contribution in [0.5, 0.6) is 0 Å². The van der Waals surface area contributed by atoms with Crippen molar-refractivity contribution in [1.82, 2.24) is 20.4 Å². The molecule has 0 aliphatic carbocycles. The van der Waals surface area contributed by atoms with Crippen LogP contribution in [0, 0.1) is 0 Å². The van der Waals surface area contributed by atoms with Gasteiger partial charge in [0.15, 0.2) is 0 Å². The molecule has 0 aliphatic rings. The fourth-order valence-corrected chi connectivity index (χ4v) is 5.76. The van der Waals surface area contributed by atoms with Crippen LogP contribution in [0.1, 0.15) is 105 Å². The summed E-state index contributed by atoms with van der Waals surface area (Å²) in [5, 5.41) is 17.7. The number of hydrogen-bond acceptors (Lipinski definition) is 6. The number of aromatic nitrogens is 4. The summed E-state index contributed by atoms with van der Waals surface area (Å²) in [6.07, 6.45) is 0. The fraction of sp³-hybridized carbons (Fsp3) is 0.364. The molecule has 258 valence electrons. The minimum absolute atomic E-state index is 0.00366. The molecule has 6 nitrogen and oxygen atoms in total. The van der Waals surface area contributed by atoms with E-state index in [1.807, 2.05) is 24.3 Å². The predicted molar refractivity (Wildman–Crippen MR) is 204 cm³/mol. The van der Waals surface area contributed by atoms with E-state index in [2.05, 4.69) is 164 Å². The van der Waals surface area contributed by atoms with Gasteiger partial charge >= 0.3 is 0 Å². The van der Waals surface area contributed by atoms with Crippen molar-refractivity contribution in [3.63, 3.8) is 0 Å². The Kier molecular flexibility index (Phi) is 8.74. The molecule has 0 saturated carbocycles. The van der Waals surface area contributed by atoms with Crippen molar-refractivity contribution in [2.75, 3.05) is 0 Å². The molecule has 0 fully saturated rings. The van der Waals surface area contributed by atoms with Crippen LogP contribution in [0.15, 0.2) is 93.8 Å². The van der Waals surface area contributed by atoms with E-state index in [1.165, 1.54) is 22.3 Å². The smallest absolute Gasteiger partial charge is 0.248 e. The number of hydrogen-bond donors (Lipinski definition) is 0. The van der Waals surface area contributed by atoms with Gasteiger partial charge in [-0.05, 0) is 104 Å². The summed E-state index contributed by atoms with van der Waals surface area (Å²) in [6, 6.07) is 29.6. The van der Waals surface area contributed by atoms with Gasteiger partial charge in [0.05, 0.1) is 0 Å². The highest BCUT2D eigenvalue weighted by Crippen LogP contribution is 2.37. The van der Waals surface area contributed by atoms with Gasteiger partial charge in [-0.15, -0.1) is 20.4 Å². The summed E-state index contributed by atoms with van der Waals surface area (Å²) in [4.78, 5) is 0. The Morgan fingerprint density at radius 3 is 0.760 bits per heavy atom. The first-order valence-corrected chi connectivity index (χ1v) is 17.5. The van der Waals surface area contributed by atoms with Gasteiger partial charge in [0.25, 0.3) is 0 Å². The summed E-state index contributed by atoms with van der Waals surface area (Å²) >= 11 is 0. The molecule has 4 aromatic carbocycles. The molecule has 0 aliphatic heterocycles. The minimum Gasteiger partial charge on any atom is -0.416 e. The van der Waals surface area contributed by atoms with Crippen molar-refractivity contribution in [2.45, 2.75) is 105 Å². The van der Waals surface area contributed by atoms with E-state index in [4.69, 9.17) is 8.83 Å². The Labute approximate surface area is 297 Å². The molecule has 2 aromatic heterocycles. The number of rotatable bonds is 5. The van der Waals surface area contributed by atoms with Crippen LogP contribution in [0.4, 0.5) is 0 Å².